The minimum absolute atomic E-state index is 0.281. The SMILES string of the molecule is CC1(C)C(C(=O)O)C1/C(C#N)=C\c1ccc(Cl)cc1Cl. The average molecular weight is 310 g/mol. The van der Waals surface area contributed by atoms with Gasteiger partial charge in [0.1, 0.15) is 0 Å². The zero-order chi connectivity index (χ0) is 15.1. The molecule has 0 aliphatic heterocycles. The number of carboxylic acid groups (broad SMARTS) is 1. The number of rotatable bonds is 3. The summed E-state index contributed by atoms with van der Waals surface area (Å²) in [4.78, 5) is 11.2. The molecule has 1 saturated carbocycles. The Morgan fingerprint density at radius 3 is 2.50 bits per heavy atom. The van der Waals surface area contributed by atoms with E-state index in [9.17, 15) is 15.2 Å². The number of hydrogen-bond acceptors (Lipinski definition) is 2. The van der Waals surface area contributed by atoms with E-state index in [1.807, 2.05) is 13.8 Å². The first-order valence-electron chi connectivity index (χ1n) is 6.08. The molecule has 0 heterocycles. The third-order valence-electron chi connectivity index (χ3n) is 3.83. The second kappa shape index (κ2) is 5.12. The molecule has 2 rings (SSSR count). The smallest absolute Gasteiger partial charge is 0.307 e. The lowest BCUT2D eigenvalue weighted by molar-refractivity contribution is -0.139. The lowest BCUT2D eigenvalue weighted by Crippen LogP contribution is -2.03. The molecule has 20 heavy (non-hydrogen) atoms. The van der Waals surface area contributed by atoms with Gasteiger partial charge in [-0.1, -0.05) is 43.1 Å². The highest BCUT2D eigenvalue weighted by molar-refractivity contribution is 6.35. The highest BCUT2D eigenvalue weighted by Gasteiger charge is 2.63. The van der Waals surface area contributed by atoms with Gasteiger partial charge in [-0.25, -0.2) is 0 Å². The van der Waals surface area contributed by atoms with Gasteiger partial charge in [0.25, 0.3) is 0 Å². The standard InChI is InChI=1S/C15H13Cl2NO2/c1-15(2)12(13(15)14(19)20)9(7-18)5-8-3-4-10(16)6-11(8)17/h3-6,12-13H,1-2H3,(H,19,20)/b9-5-. The molecule has 0 bridgehead atoms. The van der Waals surface area contributed by atoms with Crippen LogP contribution in [0.3, 0.4) is 0 Å². The zero-order valence-electron chi connectivity index (χ0n) is 11.0. The molecule has 1 N–H and O–H groups in total. The summed E-state index contributed by atoms with van der Waals surface area (Å²) >= 11 is 11.9. The Labute approximate surface area is 127 Å². The third-order valence-corrected chi connectivity index (χ3v) is 4.39. The molecule has 1 aliphatic carbocycles. The van der Waals surface area contributed by atoms with Gasteiger partial charge in [0.2, 0.25) is 0 Å². The van der Waals surface area contributed by atoms with Crippen LogP contribution in [-0.4, -0.2) is 11.1 Å². The van der Waals surface area contributed by atoms with Crippen molar-refractivity contribution < 1.29 is 9.90 Å². The molecule has 3 nitrogen and oxygen atoms in total. The number of carbonyl (C=O) groups is 1. The van der Waals surface area contributed by atoms with Crippen LogP contribution in [0, 0.1) is 28.6 Å². The number of hydrogen-bond donors (Lipinski definition) is 1. The number of aliphatic carboxylic acids is 1. The molecular weight excluding hydrogens is 297 g/mol. The van der Waals surface area contributed by atoms with Gasteiger partial charge in [0.15, 0.2) is 0 Å². The highest BCUT2D eigenvalue weighted by Crippen LogP contribution is 2.61. The largest absolute Gasteiger partial charge is 0.481 e. The summed E-state index contributed by atoms with van der Waals surface area (Å²) < 4.78 is 0. The maximum atomic E-state index is 11.2. The van der Waals surface area contributed by atoms with Crippen molar-refractivity contribution in [3.05, 3.63) is 39.4 Å². The Morgan fingerprint density at radius 2 is 2.05 bits per heavy atom. The molecule has 5 heteroatoms. The normalized spacial score (nSPS) is 24.1. The minimum atomic E-state index is -0.872. The number of allylic oxidation sites excluding steroid dienone is 1. The summed E-state index contributed by atoms with van der Waals surface area (Å²) in [6.45, 7) is 3.70. The fourth-order valence-electron chi connectivity index (χ4n) is 2.66. The zero-order valence-corrected chi connectivity index (χ0v) is 12.5. The Hall–Kier alpha value is -1.50. The Bertz CT molecular complexity index is 644. The minimum Gasteiger partial charge on any atom is -0.481 e. The lowest BCUT2D eigenvalue weighted by Gasteiger charge is -2.03. The van der Waals surface area contributed by atoms with Gasteiger partial charge >= 0.3 is 5.97 Å². The molecule has 0 amide bonds. The maximum absolute atomic E-state index is 11.2. The highest BCUT2D eigenvalue weighted by atomic mass is 35.5. The first-order valence-corrected chi connectivity index (χ1v) is 6.84. The summed E-state index contributed by atoms with van der Waals surface area (Å²) in [5.74, 6) is -1.68. The molecule has 1 aliphatic rings. The molecule has 1 fully saturated rings. The number of nitriles is 1. The summed E-state index contributed by atoms with van der Waals surface area (Å²) in [5.41, 5.74) is 0.692. The second-order valence-corrected chi connectivity index (χ2v) is 6.34. The van der Waals surface area contributed by atoms with Crippen LogP contribution < -0.4 is 0 Å². The summed E-state index contributed by atoms with van der Waals surface area (Å²) in [5, 5.41) is 19.4. The predicted octanol–water partition coefficient (Wildman–Crippen LogP) is 4.26. The van der Waals surface area contributed by atoms with Gasteiger partial charge in [-0.3, -0.25) is 4.79 Å². The fraction of sp³-hybridized carbons (Fsp3) is 0.333. The quantitative estimate of drug-likeness (QED) is 0.849. The van der Waals surface area contributed by atoms with Gasteiger partial charge in [-0.15, -0.1) is 0 Å². The average Bonchev–Trinajstić information content (AvgIpc) is 2.91. The van der Waals surface area contributed by atoms with E-state index in [1.54, 1.807) is 24.3 Å². The van der Waals surface area contributed by atoms with Crippen LogP contribution in [0.25, 0.3) is 6.08 Å². The van der Waals surface area contributed by atoms with E-state index in [2.05, 4.69) is 6.07 Å². The lowest BCUT2D eigenvalue weighted by atomic mass is 10.0. The molecule has 0 aromatic heterocycles. The molecule has 104 valence electrons. The number of halogens is 2. The number of carboxylic acids is 1. The van der Waals surface area contributed by atoms with E-state index in [0.29, 0.717) is 21.2 Å². The predicted molar refractivity (Wildman–Crippen MR) is 78.4 cm³/mol. The van der Waals surface area contributed by atoms with E-state index in [1.165, 1.54) is 0 Å². The van der Waals surface area contributed by atoms with Crippen molar-refractivity contribution in [2.75, 3.05) is 0 Å². The number of nitrogens with zero attached hydrogens (tertiary/aromatic N) is 1. The molecular formula is C15H13Cl2NO2. The summed E-state index contributed by atoms with van der Waals surface area (Å²) in [6, 6.07) is 7.09. The van der Waals surface area contributed by atoms with Crippen molar-refractivity contribution in [1.82, 2.24) is 0 Å². The van der Waals surface area contributed by atoms with Crippen LogP contribution in [0.5, 0.6) is 0 Å². The first kappa shape index (κ1) is 14.9. The molecule has 0 saturated heterocycles. The fourth-order valence-corrected chi connectivity index (χ4v) is 3.12. The van der Waals surface area contributed by atoms with Crippen molar-refractivity contribution in [2.24, 2.45) is 17.3 Å². The van der Waals surface area contributed by atoms with E-state index >= 15 is 0 Å². The van der Waals surface area contributed by atoms with Gasteiger partial charge in [-0.2, -0.15) is 5.26 Å². The van der Waals surface area contributed by atoms with E-state index in [-0.39, 0.29) is 5.92 Å². The van der Waals surface area contributed by atoms with Gasteiger partial charge in [-0.05, 0) is 29.2 Å². The molecule has 2 unspecified atom stereocenters. The molecule has 0 radical (unpaired) electrons. The third kappa shape index (κ3) is 2.54. The summed E-state index contributed by atoms with van der Waals surface area (Å²) in [6.07, 6.45) is 1.65. The second-order valence-electron chi connectivity index (χ2n) is 5.49. The van der Waals surface area contributed by atoms with Crippen molar-refractivity contribution in [3.8, 4) is 6.07 Å². The molecule has 0 spiro atoms. The monoisotopic (exact) mass is 309 g/mol. The van der Waals surface area contributed by atoms with E-state index < -0.39 is 17.3 Å². The Balaban J connectivity index is 2.37. The molecule has 2 atom stereocenters. The van der Waals surface area contributed by atoms with Crippen LogP contribution in [0.4, 0.5) is 0 Å². The van der Waals surface area contributed by atoms with Crippen molar-refractivity contribution in [1.29, 1.82) is 5.26 Å². The van der Waals surface area contributed by atoms with Gasteiger partial charge in [0, 0.05) is 21.5 Å². The maximum Gasteiger partial charge on any atom is 0.307 e. The molecule has 1 aromatic rings. The van der Waals surface area contributed by atoms with Crippen LogP contribution >= 0.6 is 23.2 Å². The van der Waals surface area contributed by atoms with Crippen LogP contribution in [0.2, 0.25) is 10.0 Å². The van der Waals surface area contributed by atoms with Crippen molar-refractivity contribution in [3.63, 3.8) is 0 Å². The van der Waals surface area contributed by atoms with Gasteiger partial charge in [0.05, 0.1) is 12.0 Å². The van der Waals surface area contributed by atoms with Crippen LogP contribution in [0.1, 0.15) is 19.4 Å². The van der Waals surface area contributed by atoms with Crippen molar-refractivity contribution in [2.45, 2.75) is 13.8 Å². The van der Waals surface area contributed by atoms with Gasteiger partial charge < -0.3 is 5.11 Å². The van der Waals surface area contributed by atoms with Crippen LogP contribution in [0.15, 0.2) is 23.8 Å². The molecule has 1 aromatic carbocycles. The van der Waals surface area contributed by atoms with Crippen molar-refractivity contribution >= 4 is 35.2 Å². The van der Waals surface area contributed by atoms with E-state index in [0.717, 1.165) is 0 Å². The van der Waals surface area contributed by atoms with E-state index in [4.69, 9.17) is 23.2 Å². The summed E-state index contributed by atoms with van der Waals surface area (Å²) in [7, 11) is 0. The van der Waals surface area contributed by atoms with Crippen LogP contribution in [-0.2, 0) is 4.79 Å². The Kier molecular flexibility index (Phi) is 3.82. The number of benzene rings is 1. The topological polar surface area (TPSA) is 61.1 Å². The first-order chi connectivity index (χ1) is 9.28. The Morgan fingerprint density at radius 1 is 1.40 bits per heavy atom.